The Morgan fingerprint density at radius 3 is 2.02 bits per heavy atom. The number of carbonyl (C=O) groups excluding carboxylic acids is 2. The molecule has 1 N–H and O–H groups in total. The first-order chi connectivity index (χ1) is 19.9. The van der Waals surface area contributed by atoms with E-state index in [0.717, 1.165) is 6.04 Å². The van der Waals surface area contributed by atoms with Gasteiger partial charge in [-0.2, -0.15) is 10.2 Å². The Morgan fingerprint density at radius 1 is 0.857 bits per heavy atom. The number of hydrogen-bond acceptors (Lipinski definition) is 9. The van der Waals surface area contributed by atoms with Crippen molar-refractivity contribution in [1.29, 1.82) is 0 Å². The normalized spacial score (nSPS) is 12.7. The second-order valence-corrected chi connectivity index (χ2v) is 16.7. The van der Waals surface area contributed by atoms with Crippen LogP contribution in [-0.2, 0) is 30.5 Å². The highest BCUT2D eigenvalue weighted by Gasteiger charge is 2.24. The topological polar surface area (TPSA) is 142 Å². The molecular formula is C30H38N4O7Si. The van der Waals surface area contributed by atoms with Gasteiger partial charge in [0.05, 0.1) is 25.3 Å². The Morgan fingerprint density at radius 2 is 1.40 bits per heavy atom. The van der Waals surface area contributed by atoms with Crippen LogP contribution in [-0.4, -0.2) is 60.8 Å². The van der Waals surface area contributed by atoms with E-state index in [0.29, 0.717) is 28.4 Å². The quantitative estimate of drug-likeness (QED) is 0.171. The Hall–Kier alpha value is -4.16. The van der Waals surface area contributed by atoms with E-state index in [-0.39, 0.29) is 29.0 Å². The van der Waals surface area contributed by atoms with E-state index in [2.05, 4.69) is 39.7 Å². The van der Waals surface area contributed by atoms with Crippen LogP contribution < -0.4 is 10.9 Å². The highest BCUT2D eigenvalue weighted by Crippen LogP contribution is 2.17. The van der Waals surface area contributed by atoms with Gasteiger partial charge in [0.2, 0.25) is 10.9 Å². The second kappa shape index (κ2) is 14.1. The predicted molar refractivity (Wildman–Crippen MR) is 163 cm³/mol. The van der Waals surface area contributed by atoms with E-state index in [1.165, 1.54) is 14.2 Å². The molecule has 2 heterocycles. The number of rotatable bonds is 9. The summed E-state index contributed by atoms with van der Waals surface area (Å²) >= 11 is 0. The molecule has 0 fully saturated rings. The van der Waals surface area contributed by atoms with Crippen LogP contribution >= 0.6 is 0 Å². The molecule has 0 aliphatic heterocycles. The summed E-state index contributed by atoms with van der Waals surface area (Å²) < 4.78 is 16.8. The monoisotopic (exact) mass is 594 g/mol. The summed E-state index contributed by atoms with van der Waals surface area (Å²) in [6.07, 6.45) is 0. The van der Waals surface area contributed by atoms with Crippen molar-refractivity contribution in [2.24, 2.45) is 0 Å². The summed E-state index contributed by atoms with van der Waals surface area (Å²) in [5, 5.41) is 12.1. The van der Waals surface area contributed by atoms with Gasteiger partial charge in [0.1, 0.15) is 30.0 Å². The van der Waals surface area contributed by atoms with Crippen LogP contribution in [0.3, 0.4) is 0 Å². The third-order valence-electron chi connectivity index (χ3n) is 6.73. The van der Waals surface area contributed by atoms with Crippen molar-refractivity contribution in [2.75, 3.05) is 20.8 Å². The first-order valence-corrected chi connectivity index (χ1v) is 17.3. The molecule has 12 heteroatoms. The smallest absolute Gasteiger partial charge is 0.314 e. The van der Waals surface area contributed by atoms with Crippen LogP contribution in [0.4, 0.5) is 0 Å². The molecule has 2 atom stereocenters. The van der Waals surface area contributed by atoms with E-state index in [9.17, 15) is 19.2 Å². The molecule has 0 aliphatic rings. The predicted octanol–water partition coefficient (Wildman–Crippen LogP) is 4.18. The van der Waals surface area contributed by atoms with Gasteiger partial charge in [-0.15, -0.1) is 0 Å². The van der Waals surface area contributed by atoms with Crippen LogP contribution in [0.2, 0.25) is 25.7 Å². The largest absolute Gasteiger partial charge is 0.469 e. The van der Waals surface area contributed by atoms with Crippen molar-refractivity contribution in [2.45, 2.75) is 58.1 Å². The van der Waals surface area contributed by atoms with Crippen molar-refractivity contribution < 1.29 is 23.8 Å². The molecule has 2 aromatic heterocycles. The van der Waals surface area contributed by atoms with Gasteiger partial charge in [-0.05, 0) is 44.2 Å². The fourth-order valence-electron chi connectivity index (χ4n) is 4.13. The Labute approximate surface area is 244 Å². The van der Waals surface area contributed by atoms with Gasteiger partial charge < -0.3 is 14.2 Å². The van der Waals surface area contributed by atoms with E-state index < -0.39 is 31.8 Å². The molecular weight excluding hydrogens is 556 g/mol. The van der Waals surface area contributed by atoms with Gasteiger partial charge in [0.25, 0.3) is 0 Å². The molecule has 0 radical (unpaired) electrons. The lowest BCUT2D eigenvalue weighted by Crippen LogP contribution is -2.26. The number of nitrogens with one attached hydrogen (secondary N) is 1. The van der Waals surface area contributed by atoms with Gasteiger partial charge in [0, 0.05) is 25.5 Å². The van der Waals surface area contributed by atoms with E-state index in [1.807, 2.05) is 18.2 Å². The highest BCUT2D eigenvalue weighted by atomic mass is 28.3. The number of aromatic nitrogens is 4. The molecule has 0 aliphatic carbocycles. The average molecular weight is 595 g/mol. The lowest BCUT2D eigenvalue weighted by atomic mass is 10.1. The Bertz CT molecular complexity index is 1680. The molecule has 0 bridgehead atoms. The molecule has 4 rings (SSSR count). The Kier molecular flexibility index (Phi) is 10.9. The van der Waals surface area contributed by atoms with Crippen molar-refractivity contribution in [3.05, 3.63) is 80.4 Å². The first-order valence-electron chi connectivity index (χ1n) is 13.6. The number of esters is 2. The number of benzene rings is 2. The average Bonchev–Trinajstić information content (AvgIpc) is 2.99. The number of H-pyrrole nitrogens is 1. The highest BCUT2D eigenvalue weighted by molar-refractivity contribution is 6.76. The zero-order valence-corrected chi connectivity index (χ0v) is 26.1. The summed E-state index contributed by atoms with van der Waals surface area (Å²) in [7, 11) is 1.42. The van der Waals surface area contributed by atoms with Crippen LogP contribution in [0.5, 0.6) is 0 Å². The van der Waals surface area contributed by atoms with Gasteiger partial charge in [0.15, 0.2) is 0 Å². The summed E-state index contributed by atoms with van der Waals surface area (Å²) in [6.45, 7) is 11.0. The van der Waals surface area contributed by atoms with Crippen LogP contribution in [0.1, 0.15) is 37.1 Å². The fraction of sp³-hybridized carbons (Fsp3) is 0.400. The van der Waals surface area contributed by atoms with Crippen molar-refractivity contribution >= 4 is 41.8 Å². The minimum atomic E-state index is -1.17. The van der Waals surface area contributed by atoms with Crippen molar-refractivity contribution in [3.63, 3.8) is 0 Å². The van der Waals surface area contributed by atoms with Crippen LogP contribution in [0.15, 0.2) is 58.1 Å². The molecule has 0 spiro atoms. The fourth-order valence-corrected chi connectivity index (χ4v) is 4.88. The number of hydrogen-bond donors (Lipinski definition) is 1. The van der Waals surface area contributed by atoms with E-state index >= 15 is 0 Å². The zero-order chi connectivity index (χ0) is 31.0. The maximum atomic E-state index is 12.7. The third-order valence-corrected chi connectivity index (χ3v) is 8.43. The second-order valence-electron chi connectivity index (χ2n) is 11.1. The molecule has 0 saturated carbocycles. The maximum absolute atomic E-state index is 12.7. The van der Waals surface area contributed by atoms with E-state index in [4.69, 9.17) is 9.47 Å². The molecule has 2 aromatic carbocycles. The van der Waals surface area contributed by atoms with Crippen molar-refractivity contribution in [1.82, 2.24) is 20.0 Å². The van der Waals surface area contributed by atoms with Gasteiger partial charge in [-0.1, -0.05) is 43.9 Å². The van der Waals surface area contributed by atoms with Gasteiger partial charge in [-0.3, -0.25) is 24.3 Å². The molecule has 2 unspecified atom stereocenters. The maximum Gasteiger partial charge on any atom is 0.314 e. The lowest BCUT2D eigenvalue weighted by Gasteiger charge is -2.17. The number of carbonyl (C=O) groups is 2. The number of para-hydroxylation sites is 2. The van der Waals surface area contributed by atoms with Crippen molar-refractivity contribution in [3.8, 4) is 0 Å². The van der Waals surface area contributed by atoms with Crippen LogP contribution in [0.25, 0.3) is 21.8 Å². The standard InChI is InChI=1S/C18H26N2O4Si.C12H12N2O3/c1-13(18(22)23-2)16-17(21)14-8-6-7-9-15(14)20(19-16)12-24-10-11-25(3,4)5;1-7(12(16)17-2)10-11(15)8-5-3-4-6-9(8)13-14-10/h6-9,13H,10-12H2,1-5H3;3-7H,1-2H3,(H,13,15). The number of fused-ring (bicyclic) bond motifs is 2. The summed E-state index contributed by atoms with van der Waals surface area (Å²) in [6, 6.07) is 15.3. The molecule has 0 amide bonds. The summed E-state index contributed by atoms with van der Waals surface area (Å²) in [5.41, 5.74) is 1.22. The number of nitrogens with zero attached hydrogens (tertiary/aromatic N) is 3. The number of methoxy groups -OCH3 is 2. The van der Waals surface area contributed by atoms with E-state index in [1.54, 1.807) is 48.9 Å². The minimum absolute atomic E-state index is 0.176. The molecule has 4 aromatic rings. The number of aromatic amines is 1. The zero-order valence-electron chi connectivity index (χ0n) is 25.1. The molecule has 224 valence electrons. The lowest BCUT2D eigenvalue weighted by molar-refractivity contribution is -0.143. The SMILES string of the molecule is COC(=O)C(C)c1n[nH]c2ccccc2c1=O.COC(=O)C(C)c1nn(COCC[Si](C)(C)C)c2ccccc2c1=O. The summed E-state index contributed by atoms with van der Waals surface area (Å²) in [5.74, 6) is -2.35. The van der Waals surface area contributed by atoms with Crippen LogP contribution in [0, 0.1) is 0 Å². The van der Waals surface area contributed by atoms with Gasteiger partial charge >= 0.3 is 11.9 Å². The van der Waals surface area contributed by atoms with Gasteiger partial charge in [-0.25, -0.2) is 4.68 Å². The first kappa shape index (κ1) is 32.4. The minimum Gasteiger partial charge on any atom is -0.469 e. The molecule has 0 saturated heterocycles. The number of ether oxygens (including phenoxy) is 3. The third kappa shape index (κ3) is 7.77. The molecule has 42 heavy (non-hydrogen) atoms. The Balaban J connectivity index is 0.000000247. The molecule has 11 nitrogen and oxygen atoms in total. The summed E-state index contributed by atoms with van der Waals surface area (Å²) in [4.78, 5) is 48.0.